The number of nitrogens with one attached hydrogen (secondary N) is 1. The standard InChI is InChI=1S/C22H29N5O2.C2H6.H2/c1-4-17-21(28)26(2)18-14-23-22(24-16-12-6-5-7-13-19(16)29-3)25-20(18)27(17)15-10-8-9-11-15;1-2;/h6-7,12-15,17H,4-5,8-11H2,1-3H3,(H,23,24,25);1-2H3;1H/t17-;;/m1../s1. The zero-order chi connectivity index (χ0) is 22.4. The number of allylic oxidation sites excluding steroid dienone is 4. The Morgan fingerprint density at radius 2 is 1.94 bits per heavy atom. The normalized spacial score (nSPS) is 20.9. The van der Waals surface area contributed by atoms with Gasteiger partial charge in [-0.3, -0.25) is 4.79 Å². The Balaban J connectivity index is 0.00000118. The van der Waals surface area contributed by atoms with Gasteiger partial charge in [0.15, 0.2) is 5.82 Å². The van der Waals surface area contributed by atoms with E-state index in [0.29, 0.717) is 12.0 Å². The summed E-state index contributed by atoms with van der Waals surface area (Å²) >= 11 is 0. The van der Waals surface area contributed by atoms with E-state index in [4.69, 9.17) is 9.72 Å². The predicted molar refractivity (Wildman–Crippen MR) is 128 cm³/mol. The van der Waals surface area contributed by atoms with Gasteiger partial charge in [0.2, 0.25) is 11.9 Å². The summed E-state index contributed by atoms with van der Waals surface area (Å²) in [6, 6.07) is 0.182. The summed E-state index contributed by atoms with van der Waals surface area (Å²) in [6.07, 6.45) is 16.0. The Morgan fingerprint density at radius 1 is 1.23 bits per heavy atom. The zero-order valence-electron chi connectivity index (χ0n) is 19.4. The highest BCUT2D eigenvalue weighted by Gasteiger charge is 2.41. The van der Waals surface area contributed by atoms with Crippen LogP contribution in [0.15, 0.2) is 42.0 Å². The second-order valence-corrected chi connectivity index (χ2v) is 7.72. The van der Waals surface area contributed by atoms with E-state index in [1.54, 1.807) is 18.2 Å². The van der Waals surface area contributed by atoms with Gasteiger partial charge < -0.3 is 19.9 Å². The number of likely N-dealkylation sites (N-methyl/N-ethyl adjacent to an activating group) is 1. The van der Waals surface area contributed by atoms with Gasteiger partial charge in [-0.05, 0) is 37.8 Å². The third-order valence-corrected chi connectivity index (χ3v) is 5.97. The minimum absolute atomic E-state index is 0. The molecule has 1 aliphatic heterocycles. The molecule has 1 atom stereocenters. The molecule has 1 N–H and O–H groups in total. The number of anilines is 3. The van der Waals surface area contributed by atoms with Crippen molar-refractivity contribution < 1.29 is 11.0 Å². The highest BCUT2D eigenvalue weighted by Crippen LogP contribution is 2.39. The molecular weight excluding hydrogens is 390 g/mol. The minimum atomic E-state index is -0.173. The van der Waals surface area contributed by atoms with Crippen molar-refractivity contribution in [2.45, 2.75) is 71.4 Å². The third kappa shape index (κ3) is 4.60. The van der Waals surface area contributed by atoms with Crippen molar-refractivity contribution in [1.29, 1.82) is 0 Å². The molecule has 31 heavy (non-hydrogen) atoms. The number of fused-ring (bicyclic) bond motifs is 1. The number of hydrogen-bond acceptors (Lipinski definition) is 6. The molecule has 1 aromatic heterocycles. The van der Waals surface area contributed by atoms with Crippen molar-refractivity contribution in [1.82, 2.24) is 9.97 Å². The molecule has 1 aromatic rings. The van der Waals surface area contributed by atoms with Gasteiger partial charge in [-0.1, -0.05) is 45.8 Å². The lowest BCUT2D eigenvalue weighted by Crippen LogP contribution is -2.55. The van der Waals surface area contributed by atoms with E-state index in [2.05, 4.69) is 28.2 Å². The first-order chi connectivity index (χ1) is 15.1. The van der Waals surface area contributed by atoms with Gasteiger partial charge >= 0.3 is 0 Å². The predicted octanol–water partition coefficient (Wildman–Crippen LogP) is 5.04. The van der Waals surface area contributed by atoms with Crippen LogP contribution in [0.25, 0.3) is 0 Å². The van der Waals surface area contributed by atoms with Crippen LogP contribution in [0, 0.1) is 0 Å². The third-order valence-electron chi connectivity index (χ3n) is 5.97. The summed E-state index contributed by atoms with van der Waals surface area (Å²) in [5.74, 6) is 2.22. The van der Waals surface area contributed by atoms with Crippen LogP contribution in [-0.4, -0.2) is 42.1 Å². The molecule has 4 rings (SSSR count). The minimum Gasteiger partial charge on any atom is -0.495 e. The van der Waals surface area contributed by atoms with Gasteiger partial charge in [0, 0.05) is 14.5 Å². The molecule has 1 amide bonds. The van der Waals surface area contributed by atoms with E-state index in [1.165, 1.54) is 12.8 Å². The van der Waals surface area contributed by atoms with Crippen LogP contribution >= 0.6 is 0 Å². The number of ether oxygens (including phenoxy) is 1. The molecule has 0 bridgehead atoms. The maximum Gasteiger partial charge on any atom is 0.249 e. The molecule has 0 unspecified atom stereocenters. The lowest BCUT2D eigenvalue weighted by atomic mass is 10.0. The molecule has 1 fully saturated rings. The first kappa shape index (κ1) is 22.8. The molecule has 1 saturated carbocycles. The zero-order valence-corrected chi connectivity index (χ0v) is 19.4. The number of carbonyl (C=O) groups excluding carboxylic acids is 1. The van der Waals surface area contributed by atoms with Gasteiger partial charge in [0.25, 0.3) is 0 Å². The van der Waals surface area contributed by atoms with Crippen molar-refractivity contribution >= 4 is 23.4 Å². The summed E-state index contributed by atoms with van der Waals surface area (Å²) in [7, 11) is 3.47. The van der Waals surface area contributed by atoms with E-state index in [9.17, 15) is 4.79 Å². The fraction of sp³-hybridized carbons (Fsp3) is 0.542. The Morgan fingerprint density at radius 3 is 2.61 bits per heavy atom. The maximum atomic E-state index is 13.0. The fourth-order valence-electron chi connectivity index (χ4n) is 4.46. The number of carbonyl (C=O) groups is 1. The Bertz CT molecular complexity index is 877. The molecule has 2 aliphatic carbocycles. The van der Waals surface area contributed by atoms with Gasteiger partial charge in [-0.25, -0.2) is 4.98 Å². The molecule has 0 radical (unpaired) electrons. The summed E-state index contributed by atoms with van der Waals surface area (Å²) in [4.78, 5) is 26.3. The SMILES string of the molecule is CC.CC[C@@H]1C(=O)N(C)c2cnc(NC3=C(OC)C=CCC=C3)nc2N1C1CCCC1.[HH]. The lowest BCUT2D eigenvalue weighted by molar-refractivity contribution is -0.120. The number of methoxy groups -OCH3 is 1. The van der Waals surface area contributed by atoms with Gasteiger partial charge in [0.1, 0.15) is 17.5 Å². The van der Waals surface area contributed by atoms with E-state index in [-0.39, 0.29) is 13.4 Å². The van der Waals surface area contributed by atoms with E-state index in [1.807, 2.05) is 39.1 Å². The Labute approximate surface area is 187 Å². The molecule has 170 valence electrons. The average Bonchev–Trinajstić information content (AvgIpc) is 3.24. The van der Waals surface area contributed by atoms with E-state index in [0.717, 1.165) is 48.6 Å². The summed E-state index contributed by atoms with van der Waals surface area (Å²) in [5.41, 5.74) is 1.59. The van der Waals surface area contributed by atoms with Crippen LogP contribution in [0.5, 0.6) is 0 Å². The van der Waals surface area contributed by atoms with Crippen LogP contribution in [0.3, 0.4) is 0 Å². The van der Waals surface area contributed by atoms with E-state index < -0.39 is 0 Å². The summed E-state index contributed by atoms with van der Waals surface area (Å²) in [5, 5.41) is 3.31. The van der Waals surface area contributed by atoms with Crippen LogP contribution in [0.2, 0.25) is 0 Å². The second kappa shape index (κ2) is 10.5. The molecule has 0 aromatic carbocycles. The highest BCUT2D eigenvalue weighted by molar-refractivity contribution is 6.04. The number of rotatable bonds is 5. The van der Waals surface area contributed by atoms with Crippen molar-refractivity contribution in [3.63, 3.8) is 0 Å². The molecule has 0 saturated heterocycles. The van der Waals surface area contributed by atoms with Crippen LogP contribution < -0.4 is 15.1 Å². The largest absolute Gasteiger partial charge is 0.495 e. The Hall–Kier alpha value is -2.83. The van der Waals surface area contributed by atoms with Gasteiger partial charge in [-0.2, -0.15) is 4.98 Å². The molecule has 7 nitrogen and oxygen atoms in total. The topological polar surface area (TPSA) is 70.6 Å². The first-order valence-electron chi connectivity index (χ1n) is 11.4. The summed E-state index contributed by atoms with van der Waals surface area (Å²) < 4.78 is 5.50. The summed E-state index contributed by atoms with van der Waals surface area (Å²) in [6.45, 7) is 6.07. The van der Waals surface area contributed by atoms with E-state index >= 15 is 0 Å². The van der Waals surface area contributed by atoms with Crippen molar-refractivity contribution in [2.24, 2.45) is 0 Å². The second-order valence-electron chi connectivity index (χ2n) is 7.72. The number of hydrogen-bond donors (Lipinski definition) is 1. The van der Waals surface area contributed by atoms with Crippen LogP contribution in [0.1, 0.15) is 60.7 Å². The van der Waals surface area contributed by atoms with Crippen LogP contribution in [0.4, 0.5) is 17.5 Å². The molecule has 0 spiro atoms. The van der Waals surface area contributed by atoms with Gasteiger partial charge in [0.05, 0.1) is 19.0 Å². The fourth-order valence-corrected chi connectivity index (χ4v) is 4.46. The van der Waals surface area contributed by atoms with Crippen molar-refractivity contribution in [2.75, 3.05) is 29.3 Å². The number of nitrogens with zero attached hydrogens (tertiary/aromatic N) is 4. The average molecular weight is 428 g/mol. The monoisotopic (exact) mass is 427 g/mol. The molecule has 7 heteroatoms. The first-order valence-corrected chi connectivity index (χ1v) is 11.4. The lowest BCUT2D eigenvalue weighted by Gasteiger charge is -2.43. The number of aromatic nitrogens is 2. The highest BCUT2D eigenvalue weighted by atomic mass is 16.5. The van der Waals surface area contributed by atoms with Crippen molar-refractivity contribution in [3.05, 3.63) is 42.0 Å². The Kier molecular flexibility index (Phi) is 7.71. The smallest absolute Gasteiger partial charge is 0.249 e. The van der Waals surface area contributed by atoms with Crippen molar-refractivity contribution in [3.8, 4) is 0 Å². The van der Waals surface area contributed by atoms with Gasteiger partial charge in [-0.15, -0.1) is 0 Å². The van der Waals surface area contributed by atoms with Crippen LogP contribution in [-0.2, 0) is 9.53 Å². The number of amides is 1. The maximum absolute atomic E-state index is 13.0. The molecular formula is C24H37N5O2. The quantitative estimate of drug-likeness (QED) is 0.710. The molecule has 3 aliphatic rings. The molecule has 2 heterocycles.